The van der Waals surface area contributed by atoms with Gasteiger partial charge in [0.05, 0.1) is 17.7 Å². The van der Waals surface area contributed by atoms with Gasteiger partial charge in [0, 0.05) is 34.4 Å². The molecule has 0 aliphatic heterocycles. The fourth-order valence-electron chi connectivity index (χ4n) is 4.26. The number of halogens is 1. The van der Waals surface area contributed by atoms with Crippen LogP contribution in [0.5, 0.6) is 0 Å². The molecule has 1 heterocycles. The van der Waals surface area contributed by atoms with Crippen LogP contribution in [0, 0.1) is 17.2 Å². The summed E-state index contributed by atoms with van der Waals surface area (Å²) in [5, 5.41) is 23.3. The SMILES string of the molecule is N#Cc1ccc2c(c1)cc(C(=O)NC[C@H]1CCCC[C@@H]1O)n2Cc1cccc(Br)c1. The summed E-state index contributed by atoms with van der Waals surface area (Å²) < 4.78 is 2.98. The Kier molecular flexibility index (Phi) is 6.21. The topological polar surface area (TPSA) is 78.1 Å². The van der Waals surface area contributed by atoms with Gasteiger partial charge in [0.15, 0.2) is 0 Å². The van der Waals surface area contributed by atoms with E-state index in [1.165, 1.54) is 0 Å². The summed E-state index contributed by atoms with van der Waals surface area (Å²) in [5.41, 5.74) is 3.12. The number of aliphatic hydroxyl groups excluding tert-OH is 1. The third-order valence-corrected chi connectivity index (χ3v) is 6.38. The van der Waals surface area contributed by atoms with E-state index in [2.05, 4.69) is 27.3 Å². The minimum Gasteiger partial charge on any atom is -0.393 e. The van der Waals surface area contributed by atoms with Gasteiger partial charge < -0.3 is 15.0 Å². The van der Waals surface area contributed by atoms with Crippen LogP contribution in [-0.4, -0.2) is 28.2 Å². The minimum absolute atomic E-state index is 0.107. The van der Waals surface area contributed by atoms with Crippen molar-refractivity contribution in [3.05, 3.63) is 69.8 Å². The number of aromatic nitrogens is 1. The molecule has 5 nitrogen and oxygen atoms in total. The smallest absolute Gasteiger partial charge is 0.267 e. The number of fused-ring (bicyclic) bond motifs is 1. The molecule has 0 spiro atoms. The summed E-state index contributed by atoms with van der Waals surface area (Å²) in [4.78, 5) is 13.1. The predicted octanol–water partition coefficient (Wildman–Crippen LogP) is 4.60. The number of hydrogen-bond donors (Lipinski definition) is 2. The number of benzene rings is 2. The first-order valence-corrected chi connectivity index (χ1v) is 11.1. The van der Waals surface area contributed by atoms with Crippen molar-refractivity contribution in [2.45, 2.75) is 38.3 Å². The number of carbonyl (C=O) groups is 1. The van der Waals surface area contributed by atoms with Crippen molar-refractivity contribution < 1.29 is 9.90 Å². The van der Waals surface area contributed by atoms with Crippen LogP contribution in [0.2, 0.25) is 0 Å². The molecule has 4 rings (SSSR count). The van der Waals surface area contributed by atoms with Crippen molar-refractivity contribution in [3.63, 3.8) is 0 Å². The lowest BCUT2D eigenvalue weighted by Gasteiger charge is -2.27. The highest BCUT2D eigenvalue weighted by atomic mass is 79.9. The van der Waals surface area contributed by atoms with E-state index in [1.54, 1.807) is 6.07 Å². The summed E-state index contributed by atoms with van der Waals surface area (Å²) in [7, 11) is 0. The van der Waals surface area contributed by atoms with Gasteiger partial charge in [-0.2, -0.15) is 5.26 Å². The first-order valence-electron chi connectivity index (χ1n) is 10.3. The maximum absolute atomic E-state index is 13.1. The van der Waals surface area contributed by atoms with E-state index in [1.807, 2.05) is 47.0 Å². The molecule has 1 aliphatic carbocycles. The molecule has 0 radical (unpaired) electrons. The van der Waals surface area contributed by atoms with Crippen molar-refractivity contribution >= 4 is 32.7 Å². The Labute approximate surface area is 184 Å². The number of nitrogens with one attached hydrogen (secondary N) is 1. The number of hydrogen-bond acceptors (Lipinski definition) is 3. The van der Waals surface area contributed by atoms with Gasteiger partial charge >= 0.3 is 0 Å². The molecule has 30 heavy (non-hydrogen) atoms. The molecule has 1 fully saturated rings. The average molecular weight is 466 g/mol. The molecule has 0 unspecified atom stereocenters. The second-order valence-electron chi connectivity index (χ2n) is 7.95. The second kappa shape index (κ2) is 9.03. The molecule has 154 valence electrons. The maximum atomic E-state index is 13.1. The Balaban J connectivity index is 1.64. The molecular formula is C24H24BrN3O2. The van der Waals surface area contributed by atoms with Crippen molar-refractivity contribution in [2.75, 3.05) is 6.54 Å². The Morgan fingerprint density at radius 1 is 1.20 bits per heavy atom. The van der Waals surface area contributed by atoms with Crippen molar-refractivity contribution in [1.29, 1.82) is 5.26 Å². The molecule has 1 aliphatic rings. The van der Waals surface area contributed by atoms with E-state index in [9.17, 15) is 15.2 Å². The van der Waals surface area contributed by atoms with E-state index in [0.717, 1.165) is 46.6 Å². The molecule has 2 aromatic carbocycles. The monoisotopic (exact) mass is 465 g/mol. The van der Waals surface area contributed by atoms with Crippen LogP contribution in [0.1, 0.15) is 47.3 Å². The maximum Gasteiger partial charge on any atom is 0.267 e. The van der Waals surface area contributed by atoms with E-state index in [-0.39, 0.29) is 17.9 Å². The fourth-order valence-corrected chi connectivity index (χ4v) is 4.70. The summed E-state index contributed by atoms with van der Waals surface area (Å²) in [5.74, 6) is -0.0479. The van der Waals surface area contributed by atoms with Gasteiger partial charge in [0.2, 0.25) is 0 Å². The number of nitrogens with zero attached hydrogens (tertiary/aromatic N) is 2. The van der Waals surface area contributed by atoms with Gasteiger partial charge in [-0.05, 0) is 54.8 Å². The molecule has 2 N–H and O–H groups in total. The molecular weight excluding hydrogens is 442 g/mol. The molecule has 3 aromatic rings. The lowest BCUT2D eigenvalue weighted by atomic mass is 9.86. The predicted molar refractivity (Wildman–Crippen MR) is 120 cm³/mol. The first kappa shape index (κ1) is 20.6. The van der Waals surface area contributed by atoms with Crippen LogP contribution in [0.4, 0.5) is 0 Å². The van der Waals surface area contributed by atoms with Gasteiger partial charge in [-0.3, -0.25) is 4.79 Å². The van der Waals surface area contributed by atoms with Gasteiger partial charge in [0.1, 0.15) is 5.69 Å². The number of nitriles is 1. The van der Waals surface area contributed by atoms with Crippen LogP contribution in [0.3, 0.4) is 0 Å². The first-order chi connectivity index (χ1) is 14.5. The zero-order chi connectivity index (χ0) is 21.1. The summed E-state index contributed by atoms with van der Waals surface area (Å²) >= 11 is 3.51. The molecule has 6 heteroatoms. The highest BCUT2D eigenvalue weighted by Crippen LogP contribution is 2.26. The third kappa shape index (κ3) is 4.43. The summed E-state index contributed by atoms with van der Waals surface area (Å²) in [6.07, 6.45) is 3.55. The number of rotatable bonds is 5. The van der Waals surface area contributed by atoms with Crippen molar-refractivity contribution in [2.24, 2.45) is 5.92 Å². The minimum atomic E-state index is -0.343. The molecule has 0 bridgehead atoms. The van der Waals surface area contributed by atoms with Gasteiger partial charge in [-0.25, -0.2) is 0 Å². The van der Waals surface area contributed by atoms with Crippen LogP contribution in [0.15, 0.2) is 53.0 Å². The zero-order valence-electron chi connectivity index (χ0n) is 16.6. The largest absolute Gasteiger partial charge is 0.393 e. The molecule has 0 saturated heterocycles. The average Bonchev–Trinajstić information content (AvgIpc) is 3.10. The Morgan fingerprint density at radius 2 is 2.03 bits per heavy atom. The summed E-state index contributed by atoms with van der Waals surface area (Å²) in [6, 6.07) is 17.5. The third-order valence-electron chi connectivity index (χ3n) is 5.89. The van der Waals surface area contributed by atoms with E-state index < -0.39 is 0 Å². The fraction of sp³-hybridized carbons (Fsp3) is 0.333. The number of aliphatic hydroxyl groups is 1. The number of amides is 1. The molecule has 1 saturated carbocycles. The normalized spacial score (nSPS) is 18.8. The lowest BCUT2D eigenvalue weighted by molar-refractivity contribution is 0.0661. The van der Waals surface area contributed by atoms with Crippen molar-refractivity contribution in [1.82, 2.24) is 9.88 Å². The Morgan fingerprint density at radius 3 is 2.80 bits per heavy atom. The molecule has 1 aromatic heterocycles. The van der Waals surface area contributed by atoms with Gasteiger partial charge in [0.25, 0.3) is 5.91 Å². The van der Waals surface area contributed by atoms with Crippen LogP contribution >= 0.6 is 15.9 Å². The van der Waals surface area contributed by atoms with Crippen LogP contribution in [-0.2, 0) is 6.54 Å². The van der Waals surface area contributed by atoms with Crippen molar-refractivity contribution in [3.8, 4) is 6.07 Å². The Bertz CT molecular complexity index is 1120. The molecule has 1 amide bonds. The standard InChI is InChI=1S/C24H24BrN3O2/c25-20-6-3-4-17(11-20)15-28-21-9-8-16(13-26)10-19(21)12-22(28)24(30)27-14-18-5-1-2-7-23(18)29/h3-4,6,8-12,18,23,29H,1-2,5,7,14-15H2,(H,27,30)/t18-,23+/m1/s1. The zero-order valence-corrected chi connectivity index (χ0v) is 18.2. The summed E-state index contributed by atoms with van der Waals surface area (Å²) in [6.45, 7) is 1.02. The van der Waals surface area contributed by atoms with E-state index in [0.29, 0.717) is 24.3 Å². The Hall–Kier alpha value is -2.62. The molecule has 2 atom stereocenters. The van der Waals surface area contributed by atoms with Gasteiger partial charge in [-0.15, -0.1) is 0 Å². The van der Waals surface area contributed by atoms with E-state index >= 15 is 0 Å². The van der Waals surface area contributed by atoms with Gasteiger partial charge in [-0.1, -0.05) is 40.9 Å². The lowest BCUT2D eigenvalue weighted by Crippen LogP contribution is -2.37. The highest BCUT2D eigenvalue weighted by molar-refractivity contribution is 9.10. The number of carbonyl (C=O) groups excluding carboxylic acids is 1. The highest BCUT2D eigenvalue weighted by Gasteiger charge is 2.24. The van der Waals surface area contributed by atoms with E-state index in [4.69, 9.17) is 0 Å². The van der Waals surface area contributed by atoms with Crippen LogP contribution in [0.25, 0.3) is 10.9 Å². The quantitative estimate of drug-likeness (QED) is 0.577. The second-order valence-corrected chi connectivity index (χ2v) is 8.87. The van der Waals surface area contributed by atoms with Crippen LogP contribution < -0.4 is 5.32 Å².